The average molecular weight is 322 g/mol. The van der Waals surface area contributed by atoms with Crippen molar-refractivity contribution in [3.63, 3.8) is 0 Å². The van der Waals surface area contributed by atoms with Crippen LogP contribution in [0.25, 0.3) is 0 Å². The minimum absolute atomic E-state index is 0. The molecule has 0 saturated carbocycles. The van der Waals surface area contributed by atoms with Crippen molar-refractivity contribution in [2.75, 3.05) is 26.0 Å². The van der Waals surface area contributed by atoms with Gasteiger partial charge in [0.25, 0.3) is 0 Å². The summed E-state index contributed by atoms with van der Waals surface area (Å²) in [5.41, 5.74) is 8.64. The van der Waals surface area contributed by atoms with Crippen molar-refractivity contribution in [2.45, 2.75) is 26.3 Å². The Morgan fingerprint density at radius 3 is 2.50 bits per heavy atom. The lowest BCUT2D eigenvalue weighted by molar-refractivity contribution is -0.116. The molecular formula is C14H25Cl2N3O. The average Bonchev–Trinajstić information content (AvgIpc) is 2.29. The molecule has 0 aliphatic carbocycles. The largest absolute Gasteiger partial charge is 0.330 e. The lowest BCUT2D eigenvalue weighted by Crippen LogP contribution is -2.17. The second-order valence-electron chi connectivity index (χ2n) is 4.84. The van der Waals surface area contributed by atoms with Gasteiger partial charge in [-0.25, -0.2) is 0 Å². The van der Waals surface area contributed by atoms with Crippen molar-refractivity contribution in [3.05, 3.63) is 29.3 Å². The van der Waals surface area contributed by atoms with Crippen LogP contribution in [0.4, 0.5) is 5.69 Å². The Morgan fingerprint density at radius 1 is 1.30 bits per heavy atom. The van der Waals surface area contributed by atoms with E-state index in [1.807, 2.05) is 26.2 Å². The van der Waals surface area contributed by atoms with Gasteiger partial charge in [-0.05, 0) is 45.6 Å². The first-order valence-corrected chi connectivity index (χ1v) is 6.27. The van der Waals surface area contributed by atoms with Gasteiger partial charge >= 0.3 is 0 Å². The number of carbonyl (C=O) groups is 1. The van der Waals surface area contributed by atoms with E-state index in [0.29, 0.717) is 13.0 Å². The minimum Gasteiger partial charge on any atom is -0.330 e. The monoisotopic (exact) mass is 321 g/mol. The van der Waals surface area contributed by atoms with Gasteiger partial charge in [-0.1, -0.05) is 17.7 Å². The van der Waals surface area contributed by atoms with E-state index in [2.05, 4.69) is 23.2 Å². The molecule has 0 spiro atoms. The SMILES string of the molecule is Cc1ccc(NC(=O)CCCN)c(CN(C)C)c1.Cl.Cl. The maximum Gasteiger partial charge on any atom is 0.224 e. The fourth-order valence-electron chi connectivity index (χ4n) is 1.79. The first-order valence-electron chi connectivity index (χ1n) is 6.27. The van der Waals surface area contributed by atoms with E-state index >= 15 is 0 Å². The Kier molecular flexibility index (Phi) is 11.7. The molecule has 1 aromatic carbocycles. The van der Waals surface area contributed by atoms with E-state index in [1.54, 1.807) is 0 Å². The summed E-state index contributed by atoms with van der Waals surface area (Å²) in [5, 5.41) is 2.96. The molecule has 116 valence electrons. The molecular weight excluding hydrogens is 297 g/mol. The maximum atomic E-state index is 11.7. The number of benzene rings is 1. The van der Waals surface area contributed by atoms with E-state index in [1.165, 1.54) is 5.56 Å². The molecule has 20 heavy (non-hydrogen) atoms. The number of halogens is 2. The van der Waals surface area contributed by atoms with Crippen LogP contribution in [0.5, 0.6) is 0 Å². The summed E-state index contributed by atoms with van der Waals surface area (Å²) in [6.45, 7) is 3.42. The first-order chi connectivity index (χ1) is 8.52. The Labute approximate surface area is 133 Å². The molecule has 0 radical (unpaired) electrons. The summed E-state index contributed by atoms with van der Waals surface area (Å²) in [6.07, 6.45) is 1.20. The molecule has 0 atom stereocenters. The third-order valence-corrected chi connectivity index (χ3v) is 2.63. The van der Waals surface area contributed by atoms with Crippen molar-refractivity contribution >= 4 is 36.4 Å². The van der Waals surface area contributed by atoms with Crippen LogP contribution >= 0.6 is 24.8 Å². The predicted molar refractivity (Wildman–Crippen MR) is 90.0 cm³/mol. The van der Waals surface area contributed by atoms with Crippen molar-refractivity contribution < 1.29 is 4.79 Å². The van der Waals surface area contributed by atoms with Gasteiger partial charge in [0.1, 0.15) is 0 Å². The Hall–Kier alpha value is -0.810. The van der Waals surface area contributed by atoms with Crippen LogP contribution in [-0.4, -0.2) is 31.4 Å². The predicted octanol–water partition coefficient (Wildman–Crippen LogP) is 2.58. The van der Waals surface area contributed by atoms with Crippen molar-refractivity contribution in [1.29, 1.82) is 0 Å². The van der Waals surface area contributed by atoms with Crippen LogP contribution in [-0.2, 0) is 11.3 Å². The molecule has 1 aromatic rings. The van der Waals surface area contributed by atoms with E-state index in [4.69, 9.17) is 5.73 Å². The highest BCUT2D eigenvalue weighted by Crippen LogP contribution is 2.19. The molecule has 1 amide bonds. The normalized spacial score (nSPS) is 9.65. The quantitative estimate of drug-likeness (QED) is 0.846. The molecule has 0 fully saturated rings. The number of hydrogen-bond donors (Lipinski definition) is 2. The molecule has 0 aliphatic rings. The van der Waals surface area contributed by atoms with E-state index in [-0.39, 0.29) is 30.7 Å². The molecule has 0 bridgehead atoms. The van der Waals surface area contributed by atoms with Gasteiger partial charge in [-0.3, -0.25) is 4.79 Å². The zero-order valence-electron chi connectivity index (χ0n) is 12.3. The van der Waals surface area contributed by atoms with Crippen LogP contribution in [0, 0.1) is 6.92 Å². The Bertz CT molecular complexity index is 411. The molecule has 6 heteroatoms. The van der Waals surface area contributed by atoms with Crippen LogP contribution < -0.4 is 11.1 Å². The van der Waals surface area contributed by atoms with Gasteiger partial charge in [0.2, 0.25) is 5.91 Å². The van der Waals surface area contributed by atoms with Crippen molar-refractivity contribution in [1.82, 2.24) is 4.90 Å². The van der Waals surface area contributed by atoms with E-state index in [0.717, 1.165) is 24.2 Å². The number of carbonyl (C=O) groups excluding carboxylic acids is 1. The number of anilines is 1. The molecule has 3 N–H and O–H groups in total. The van der Waals surface area contributed by atoms with Crippen LogP contribution in [0.2, 0.25) is 0 Å². The van der Waals surface area contributed by atoms with E-state index in [9.17, 15) is 4.79 Å². The lowest BCUT2D eigenvalue weighted by Gasteiger charge is -2.15. The summed E-state index contributed by atoms with van der Waals surface area (Å²) < 4.78 is 0. The molecule has 0 saturated heterocycles. The number of amides is 1. The summed E-state index contributed by atoms with van der Waals surface area (Å²) in [4.78, 5) is 13.8. The smallest absolute Gasteiger partial charge is 0.224 e. The minimum atomic E-state index is 0. The Balaban J connectivity index is 0. The Morgan fingerprint density at radius 2 is 1.95 bits per heavy atom. The fraction of sp³-hybridized carbons (Fsp3) is 0.500. The molecule has 1 rings (SSSR count). The summed E-state index contributed by atoms with van der Waals surface area (Å²) >= 11 is 0. The lowest BCUT2D eigenvalue weighted by atomic mass is 10.1. The summed E-state index contributed by atoms with van der Waals surface area (Å²) in [5.74, 6) is 0.0318. The number of nitrogens with zero attached hydrogens (tertiary/aromatic N) is 1. The molecule has 0 aromatic heterocycles. The number of rotatable bonds is 6. The first kappa shape index (κ1) is 21.5. The van der Waals surface area contributed by atoms with Gasteiger partial charge in [0.05, 0.1) is 0 Å². The molecule has 0 unspecified atom stereocenters. The van der Waals surface area contributed by atoms with Gasteiger partial charge in [-0.15, -0.1) is 24.8 Å². The zero-order chi connectivity index (χ0) is 13.5. The van der Waals surface area contributed by atoms with Gasteiger partial charge < -0.3 is 16.0 Å². The van der Waals surface area contributed by atoms with Gasteiger partial charge in [0.15, 0.2) is 0 Å². The highest BCUT2D eigenvalue weighted by molar-refractivity contribution is 5.91. The maximum absolute atomic E-state index is 11.7. The molecule has 0 heterocycles. The fourth-order valence-corrected chi connectivity index (χ4v) is 1.79. The number of nitrogens with one attached hydrogen (secondary N) is 1. The third kappa shape index (κ3) is 7.70. The van der Waals surface area contributed by atoms with Crippen LogP contribution in [0.3, 0.4) is 0 Å². The van der Waals surface area contributed by atoms with Crippen LogP contribution in [0.15, 0.2) is 18.2 Å². The number of aryl methyl sites for hydroxylation is 1. The second-order valence-corrected chi connectivity index (χ2v) is 4.84. The molecule has 0 aliphatic heterocycles. The van der Waals surface area contributed by atoms with E-state index < -0.39 is 0 Å². The standard InChI is InChI=1S/C14H23N3O.2ClH/c1-11-6-7-13(12(9-11)10-17(2)3)16-14(18)5-4-8-15;;/h6-7,9H,4-5,8,10,15H2,1-3H3,(H,16,18);2*1H. The second kappa shape index (κ2) is 10.9. The van der Waals surface area contributed by atoms with Crippen molar-refractivity contribution in [2.24, 2.45) is 5.73 Å². The third-order valence-electron chi connectivity index (χ3n) is 2.63. The van der Waals surface area contributed by atoms with Crippen LogP contribution in [0.1, 0.15) is 24.0 Å². The number of nitrogens with two attached hydrogens (primary N) is 1. The topological polar surface area (TPSA) is 58.4 Å². The molecule has 4 nitrogen and oxygen atoms in total. The van der Waals surface area contributed by atoms with Gasteiger partial charge in [0, 0.05) is 18.7 Å². The summed E-state index contributed by atoms with van der Waals surface area (Å²) in [6, 6.07) is 6.09. The number of hydrogen-bond acceptors (Lipinski definition) is 3. The summed E-state index contributed by atoms with van der Waals surface area (Å²) in [7, 11) is 4.03. The van der Waals surface area contributed by atoms with Gasteiger partial charge in [-0.2, -0.15) is 0 Å². The highest BCUT2D eigenvalue weighted by Gasteiger charge is 2.07. The highest BCUT2D eigenvalue weighted by atomic mass is 35.5. The zero-order valence-corrected chi connectivity index (χ0v) is 13.9. The van der Waals surface area contributed by atoms with Crippen molar-refractivity contribution in [3.8, 4) is 0 Å².